The van der Waals surface area contributed by atoms with E-state index in [2.05, 4.69) is 15.0 Å². The van der Waals surface area contributed by atoms with Crippen LogP contribution in [-0.4, -0.2) is 51.0 Å². The molecule has 1 aromatic heterocycles. The third-order valence-corrected chi connectivity index (χ3v) is 4.50. The van der Waals surface area contributed by atoms with Gasteiger partial charge < -0.3 is 15.0 Å². The number of carbonyl (C=O) groups is 2. The van der Waals surface area contributed by atoms with Gasteiger partial charge in [0.1, 0.15) is 0 Å². The fourth-order valence-electron chi connectivity index (χ4n) is 1.34. The molecule has 0 fully saturated rings. The van der Waals surface area contributed by atoms with E-state index in [1.165, 1.54) is 19.1 Å². The predicted octanol–water partition coefficient (Wildman–Crippen LogP) is 1.22. The second kappa shape index (κ2) is 7.31. The van der Waals surface area contributed by atoms with Gasteiger partial charge in [-0.2, -0.15) is 8.42 Å². The maximum absolute atomic E-state index is 12.7. The first-order valence-corrected chi connectivity index (χ1v) is 7.93. The number of nitrogens with zero attached hydrogens (tertiary/aromatic N) is 2. The Balaban J connectivity index is 2.41. The maximum atomic E-state index is 12.7. The van der Waals surface area contributed by atoms with Crippen LogP contribution in [0.15, 0.2) is 10.4 Å². The average Bonchev–Trinajstić information content (AvgIpc) is 2.85. The number of aromatic nitrogens is 1. The molecule has 2 amide bonds. The monoisotopic (exact) mass is 339 g/mol. The summed E-state index contributed by atoms with van der Waals surface area (Å²) < 4.78 is 37.8. The van der Waals surface area contributed by atoms with Crippen molar-refractivity contribution in [1.82, 2.24) is 9.88 Å². The first-order valence-electron chi connectivity index (χ1n) is 5.73. The van der Waals surface area contributed by atoms with Crippen molar-refractivity contribution < 1.29 is 26.6 Å². The molecular formula is C10H14FN3O5S2. The van der Waals surface area contributed by atoms with Crippen molar-refractivity contribution in [3.63, 3.8) is 0 Å². The summed E-state index contributed by atoms with van der Waals surface area (Å²) in [6.45, 7) is 0.321. The zero-order valence-electron chi connectivity index (χ0n) is 11.3. The molecule has 0 spiro atoms. The third kappa shape index (κ3) is 5.63. The lowest BCUT2D eigenvalue weighted by molar-refractivity contribution is -0.116. The fourth-order valence-corrected chi connectivity index (χ4v) is 2.72. The average molecular weight is 339 g/mol. The minimum atomic E-state index is -4.81. The number of ether oxygens (including phenoxy) is 1. The molecule has 0 aliphatic carbocycles. The van der Waals surface area contributed by atoms with Gasteiger partial charge in [0.2, 0.25) is 5.91 Å². The topological polar surface area (TPSA) is 106 Å². The summed E-state index contributed by atoms with van der Waals surface area (Å²) in [7, 11) is -2.03. The molecule has 118 valence electrons. The molecule has 8 nitrogen and oxygen atoms in total. The van der Waals surface area contributed by atoms with Crippen LogP contribution in [0.25, 0.3) is 0 Å². The van der Waals surface area contributed by atoms with E-state index >= 15 is 0 Å². The number of methoxy groups -OCH3 is 1. The van der Waals surface area contributed by atoms with Crippen molar-refractivity contribution in [3.8, 4) is 0 Å². The number of amides is 2. The first-order chi connectivity index (χ1) is 9.74. The number of rotatable bonds is 6. The molecule has 0 saturated carbocycles. The maximum Gasteiger partial charge on any atom is 0.409 e. The molecule has 0 aliphatic heterocycles. The second-order valence-corrected chi connectivity index (χ2v) is 6.57. The van der Waals surface area contributed by atoms with E-state index in [0.717, 1.165) is 6.20 Å². The lowest BCUT2D eigenvalue weighted by atomic mass is 10.3. The molecule has 1 aromatic rings. The van der Waals surface area contributed by atoms with Gasteiger partial charge >= 0.3 is 16.3 Å². The van der Waals surface area contributed by atoms with Crippen LogP contribution >= 0.6 is 11.3 Å². The highest BCUT2D eigenvalue weighted by molar-refractivity contribution is 7.88. The summed E-state index contributed by atoms with van der Waals surface area (Å²) in [5.41, 5.74) is 0. The molecule has 0 unspecified atom stereocenters. The number of anilines is 1. The van der Waals surface area contributed by atoms with Crippen LogP contribution in [0, 0.1) is 0 Å². The summed E-state index contributed by atoms with van der Waals surface area (Å²) in [6, 6.07) is 0. The molecule has 0 atom stereocenters. The van der Waals surface area contributed by atoms with Gasteiger partial charge in [0.15, 0.2) is 9.34 Å². The van der Waals surface area contributed by atoms with Crippen LogP contribution in [0.1, 0.15) is 12.8 Å². The Bertz CT molecular complexity index is 616. The van der Waals surface area contributed by atoms with Crippen LogP contribution in [0.5, 0.6) is 0 Å². The molecular weight excluding hydrogens is 325 g/mol. The van der Waals surface area contributed by atoms with E-state index in [4.69, 9.17) is 0 Å². The van der Waals surface area contributed by atoms with Crippen molar-refractivity contribution in [1.29, 1.82) is 0 Å². The van der Waals surface area contributed by atoms with Gasteiger partial charge in [0.25, 0.3) is 0 Å². The Hall–Kier alpha value is -1.75. The molecule has 0 saturated heterocycles. The van der Waals surface area contributed by atoms with Crippen LogP contribution in [0.2, 0.25) is 0 Å². The summed E-state index contributed by atoms with van der Waals surface area (Å²) >= 11 is 0.526. The van der Waals surface area contributed by atoms with Crippen molar-refractivity contribution in [2.24, 2.45) is 0 Å². The van der Waals surface area contributed by atoms with Gasteiger partial charge in [0.05, 0.1) is 13.3 Å². The second-order valence-electron chi connectivity index (χ2n) is 3.97. The molecule has 1 N–H and O–H groups in total. The van der Waals surface area contributed by atoms with E-state index in [0.29, 0.717) is 24.3 Å². The molecule has 11 heteroatoms. The Morgan fingerprint density at radius 3 is 2.71 bits per heavy atom. The standard InChI is InChI=1S/C10H14FN3O5S2/c1-14(10(16)19-2)5-3-4-7(15)13-9-12-6-8(20-9)21(11,17)18/h6H,3-5H2,1-2H3,(H,12,13,15). The van der Waals surface area contributed by atoms with E-state index in [9.17, 15) is 21.9 Å². The van der Waals surface area contributed by atoms with Gasteiger partial charge in [-0.1, -0.05) is 15.2 Å². The minimum absolute atomic E-state index is 0.00227. The number of halogens is 1. The van der Waals surface area contributed by atoms with Gasteiger partial charge in [-0.15, -0.1) is 0 Å². The van der Waals surface area contributed by atoms with Gasteiger partial charge in [-0.05, 0) is 6.42 Å². The van der Waals surface area contributed by atoms with E-state index in [1.54, 1.807) is 0 Å². The first kappa shape index (κ1) is 17.3. The summed E-state index contributed by atoms with van der Waals surface area (Å²) in [6.07, 6.45) is 0.809. The Labute approximate surface area is 125 Å². The summed E-state index contributed by atoms with van der Waals surface area (Å²) in [4.78, 5) is 27.5. The van der Waals surface area contributed by atoms with Crippen molar-refractivity contribution in [2.45, 2.75) is 17.1 Å². The molecule has 1 rings (SSSR count). The van der Waals surface area contributed by atoms with Crippen molar-refractivity contribution in [2.75, 3.05) is 26.0 Å². The van der Waals surface area contributed by atoms with Gasteiger partial charge in [0, 0.05) is 20.0 Å². The molecule has 0 aliphatic rings. The van der Waals surface area contributed by atoms with Crippen molar-refractivity contribution in [3.05, 3.63) is 6.20 Å². The number of carbonyl (C=O) groups excluding carboxylic acids is 2. The highest BCUT2D eigenvalue weighted by Gasteiger charge is 2.17. The Morgan fingerprint density at radius 1 is 1.52 bits per heavy atom. The number of nitrogens with one attached hydrogen (secondary N) is 1. The summed E-state index contributed by atoms with van der Waals surface area (Å²) in [5, 5.41) is 2.35. The normalized spacial score (nSPS) is 11.0. The van der Waals surface area contributed by atoms with E-state index in [-0.39, 0.29) is 11.6 Å². The molecule has 0 bridgehead atoms. The molecule has 0 aromatic carbocycles. The Kier molecular flexibility index (Phi) is 6.03. The van der Waals surface area contributed by atoms with Crippen LogP contribution in [0.4, 0.5) is 13.8 Å². The number of hydrogen-bond donors (Lipinski definition) is 1. The van der Waals surface area contributed by atoms with Crippen LogP contribution in [0.3, 0.4) is 0 Å². The van der Waals surface area contributed by atoms with Crippen LogP contribution < -0.4 is 5.32 Å². The lowest BCUT2D eigenvalue weighted by Gasteiger charge is -2.14. The van der Waals surface area contributed by atoms with Gasteiger partial charge in [-0.25, -0.2) is 9.78 Å². The molecule has 21 heavy (non-hydrogen) atoms. The highest BCUT2D eigenvalue weighted by Crippen LogP contribution is 2.24. The largest absolute Gasteiger partial charge is 0.453 e. The van der Waals surface area contributed by atoms with Gasteiger partial charge in [-0.3, -0.25) is 4.79 Å². The Morgan fingerprint density at radius 2 is 2.19 bits per heavy atom. The minimum Gasteiger partial charge on any atom is -0.453 e. The van der Waals surface area contributed by atoms with E-state index < -0.39 is 26.4 Å². The lowest BCUT2D eigenvalue weighted by Crippen LogP contribution is -2.28. The molecule has 0 radical (unpaired) electrons. The summed E-state index contributed by atoms with van der Waals surface area (Å²) in [5.74, 6) is -0.412. The highest BCUT2D eigenvalue weighted by atomic mass is 32.3. The number of hydrogen-bond acceptors (Lipinski definition) is 7. The van der Waals surface area contributed by atoms with Crippen molar-refractivity contribution >= 4 is 38.7 Å². The van der Waals surface area contributed by atoms with Crippen LogP contribution in [-0.2, 0) is 19.8 Å². The van der Waals surface area contributed by atoms with E-state index in [1.807, 2.05) is 0 Å². The third-order valence-electron chi connectivity index (χ3n) is 2.35. The molecule has 1 heterocycles. The zero-order chi connectivity index (χ0) is 16.0. The quantitative estimate of drug-likeness (QED) is 0.781. The number of thiazole rings is 1. The SMILES string of the molecule is COC(=O)N(C)CCCC(=O)Nc1ncc(S(=O)(=O)F)s1. The predicted molar refractivity (Wildman–Crippen MR) is 73.3 cm³/mol. The fraction of sp³-hybridized carbons (Fsp3) is 0.500. The smallest absolute Gasteiger partial charge is 0.409 e. The zero-order valence-corrected chi connectivity index (χ0v) is 13.0.